The summed E-state index contributed by atoms with van der Waals surface area (Å²) in [6, 6.07) is 5.01. The van der Waals surface area contributed by atoms with Crippen molar-refractivity contribution in [2.24, 2.45) is 16.6 Å². The number of rotatable bonds is 5. The fourth-order valence-corrected chi connectivity index (χ4v) is 1.80. The van der Waals surface area contributed by atoms with E-state index in [0.29, 0.717) is 24.1 Å². The van der Waals surface area contributed by atoms with Gasteiger partial charge in [-0.15, -0.1) is 24.0 Å². The maximum atomic E-state index is 14.0. The summed E-state index contributed by atoms with van der Waals surface area (Å²) in [6.45, 7) is 5.29. The van der Waals surface area contributed by atoms with Crippen molar-refractivity contribution in [2.45, 2.75) is 20.4 Å². The van der Waals surface area contributed by atoms with Gasteiger partial charge in [0.25, 0.3) is 0 Å². The topological polar surface area (TPSA) is 68.2 Å². The number of aromatic nitrogens is 2. The first kappa shape index (κ1) is 18.4. The third-order valence-electron chi connectivity index (χ3n) is 2.92. The SMILES string of the molecule is CC(C)CNC(N)=NCc1ccc(-n2ccnc2)c(F)c1.I. The molecule has 0 unspecified atom stereocenters. The van der Waals surface area contributed by atoms with Gasteiger partial charge in [-0.05, 0) is 23.6 Å². The van der Waals surface area contributed by atoms with Crippen LogP contribution in [0.1, 0.15) is 19.4 Å². The standard InChI is InChI=1S/C15H20FN5.HI/c1-11(2)8-19-15(17)20-9-12-3-4-14(13(16)7-12)21-6-5-18-10-21;/h3-7,10-11H,8-9H2,1-2H3,(H3,17,19,20);1H. The van der Waals surface area contributed by atoms with Crippen molar-refractivity contribution in [3.05, 3.63) is 48.3 Å². The van der Waals surface area contributed by atoms with Gasteiger partial charge < -0.3 is 15.6 Å². The molecule has 0 fully saturated rings. The molecule has 1 heterocycles. The van der Waals surface area contributed by atoms with E-state index < -0.39 is 0 Å². The van der Waals surface area contributed by atoms with Gasteiger partial charge in [-0.25, -0.2) is 14.4 Å². The molecule has 7 heteroatoms. The molecule has 0 bridgehead atoms. The minimum absolute atomic E-state index is 0. The minimum atomic E-state index is -0.311. The second-order valence-corrected chi connectivity index (χ2v) is 5.23. The second-order valence-electron chi connectivity index (χ2n) is 5.23. The van der Waals surface area contributed by atoms with Crippen LogP contribution in [0, 0.1) is 11.7 Å². The van der Waals surface area contributed by atoms with Crippen LogP contribution in [0.2, 0.25) is 0 Å². The van der Waals surface area contributed by atoms with Crippen molar-refractivity contribution in [1.82, 2.24) is 14.9 Å². The molecular formula is C15H21FIN5. The molecule has 0 saturated carbocycles. The lowest BCUT2D eigenvalue weighted by Gasteiger charge is -2.08. The lowest BCUT2D eigenvalue weighted by Crippen LogP contribution is -2.34. The van der Waals surface area contributed by atoms with Crippen molar-refractivity contribution in [3.63, 3.8) is 0 Å². The second kappa shape index (κ2) is 8.72. The van der Waals surface area contributed by atoms with E-state index in [1.54, 1.807) is 29.4 Å². The number of benzene rings is 1. The van der Waals surface area contributed by atoms with Crippen LogP contribution in [0.5, 0.6) is 0 Å². The van der Waals surface area contributed by atoms with Gasteiger partial charge in [0, 0.05) is 18.9 Å². The van der Waals surface area contributed by atoms with E-state index in [1.807, 2.05) is 6.07 Å². The maximum Gasteiger partial charge on any atom is 0.188 e. The molecule has 0 spiro atoms. The first-order valence-electron chi connectivity index (χ1n) is 6.87. The molecule has 1 aromatic carbocycles. The first-order chi connectivity index (χ1) is 10.1. The van der Waals surface area contributed by atoms with Gasteiger partial charge in [-0.3, -0.25) is 0 Å². The fraction of sp³-hybridized carbons (Fsp3) is 0.333. The van der Waals surface area contributed by atoms with E-state index in [4.69, 9.17) is 5.73 Å². The number of nitrogens with zero attached hydrogens (tertiary/aromatic N) is 3. The lowest BCUT2D eigenvalue weighted by atomic mass is 10.2. The van der Waals surface area contributed by atoms with Gasteiger partial charge in [0.2, 0.25) is 0 Å². The highest BCUT2D eigenvalue weighted by Crippen LogP contribution is 2.15. The Morgan fingerprint density at radius 3 is 2.82 bits per heavy atom. The van der Waals surface area contributed by atoms with E-state index in [-0.39, 0.29) is 29.8 Å². The number of nitrogens with one attached hydrogen (secondary N) is 1. The quantitative estimate of drug-likeness (QED) is 0.447. The maximum absolute atomic E-state index is 14.0. The number of imidazole rings is 1. The zero-order chi connectivity index (χ0) is 15.2. The van der Waals surface area contributed by atoms with Gasteiger partial charge in [-0.2, -0.15) is 0 Å². The van der Waals surface area contributed by atoms with Crippen molar-refractivity contribution >= 4 is 29.9 Å². The molecule has 0 aliphatic heterocycles. The van der Waals surface area contributed by atoms with Crippen molar-refractivity contribution in [1.29, 1.82) is 0 Å². The van der Waals surface area contributed by atoms with Crippen LogP contribution in [-0.4, -0.2) is 22.1 Å². The molecule has 0 aliphatic rings. The lowest BCUT2D eigenvalue weighted by molar-refractivity contribution is 0.615. The summed E-state index contributed by atoms with van der Waals surface area (Å²) in [5, 5.41) is 3.02. The molecule has 5 nitrogen and oxygen atoms in total. The van der Waals surface area contributed by atoms with Gasteiger partial charge in [0.05, 0.1) is 18.6 Å². The van der Waals surface area contributed by atoms with Crippen LogP contribution in [0.25, 0.3) is 5.69 Å². The molecule has 120 valence electrons. The molecule has 0 radical (unpaired) electrons. The predicted octanol–water partition coefficient (Wildman–Crippen LogP) is 2.69. The number of hydrogen-bond acceptors (Lipinski definition) is 2. The van der Waals surface area contributed by atoms with Crippen LogP contribution in [0.15, 0.2) is 41.9 Å². The largest absolute Gasteiger partial charge is 0.370 e. The first-order valence-corrected chi connectivity index (χ1v) is 6.87. The summed E-state index contributed by atoms with van der Waals surface area (Å²) in [5.41, 5.74) is 6.98. The Morgan fingerprint density at radius 2 is 2.23 bits per heavy atom. The molecule has 0 aliphatic carbocycles. The summed E-state index contributed by atoms with van der Waals surface area (Å²) >= 11 is 0. The Labute approximate surface area is 146 Å². The molecule has 2 aromatic rings. The van der Waals surface area contributed by atoms with E-state index in [1.165, 1.54) is 6.07 Å². The van der Waals surface area contributed by atoms with Gasteiger partial charge >= 0.3 is 0 Å². The van der Waals surface area contributed by atoms with E-state index in [0.717, 1.165) is 12.1 Å². The molecule has 1 aromatic heterocycles. The van der Waals surface area contributed by atoms with E-state index >= 15 is 0 Å². The Balaban J connectivity index is 0.00000242. The van der Waals surface area contributed by atoms with Crippen LogP contribution < -0.4 is 11.1 Å². The molecule has 2 rings (SSSR count). The summed E-state index contributed by atoms with van der Waals surface area (Å²) < 4.78 is 15.7. The minimum Gasteiger partial charge on any atom is -0.370 e. The molecule has 0 amide bonds. The highest BCUT2D eigenvalue weighted by Gasteiger charge is 2.05. The van der Waals surface area contributed by atoms with Crippen molar-refractivity contribution < 1.29 is 4.39 Å². The normalized spacial score (nSPS) is 11.4. The highest BCUT2D eigenvalue weighted by atomic mass is 127. The summed E-state index contributed by atoms with van der Waals surface area (Å²) in [7, 11) is 0. The monoisotopic (exact) mass is 417 g/mol. The van der Waals surface area contributed by atoms with Crippen LogP contribution in [-0.2, 0) is 6.54 Å². The van der Waals surface area contributed by atoms with Crippen LogP contribution in [0.3, 0.4) is 0 Å². The Hall–Kier alpha value is -1.64. The molecule has 3 N–H and O–H groups in total. The van der Waals surface area contributed by atoms with Gasteiger partial charge in [0.15, 0.2) is 5.96 Å². The Kier molecular flexibility index (Phi) is 7.30. The molecule has 0 atom stereocenters. The number of nitrogens with two attached hydrogens (primary N) is 1. The third kappa shape index (κ3) is 5.28. The zero-order valence-corrected chi connectivity index (χ0v) is 15.0. The fourth-order valence-electron chi connectivity index (χ4n) is 1.80. The molecular weight excluding hydrogens is 396 g/mol. The highest BCUT2D eigenvalue weighted by molar-refractivity contribution is 14.0. The molecule has 22 heavy (non-hydrogen) atoms. The summed E-state index contributed by atoms with van der Waals surface area (Å²) in [5.74, 6) is 0.558. The van der Waals surface area contributed by atoms with Crippen LogP contribution >= 0.6 is 24.0 Å². The summed E-state index contributed by atoms with van der Waals surface area (Å²) in [4.78, 5) is 8.10. The number of halogens is 2. The Morgan fingerprint density at radius 1 is 1.45 bits per heavy atom. The smallest absolute Gasteiger partial charge is 0.188 e. The van der Waals surface area contributed by atoms with E-state index in [2.05, 4.69) is 29.1 Å². The average molecular weight is 417 g/mol. The number of guanidine groups is 1. The number of hydrogen-bond donors (Lipinski definition) is 2. The predicted molar refractivity (Wildman–Crippen MR) is 97.1 cm³/mol. The Bertz CT molecular complexity index is 610. The zero-order valence-electron chi connectivity index (χ0n) is 12.7. The average Bonchev–Trinajstić information content (AvgIpc) is 2.97. The van der Waals surface area contributed by atoms with Gasteiger partial charge in [0.1, 0.15) is 5.82 Å². The third-order valence-corrected chi connectivity index (χ3v) is 2.92. The molecule has 0 saturated heterocycles. The van der Waals surface area contributed by atoms with Crippen molar-refractivity contribution in [2.75, 3.05) is 6.54 Å². The summed E-state index contributed by atoms with van der Waals surface area (Å²) in [6.07, 6.45) is 4.87. The van der Waals surface area contributed by atoms with E-state index in [9.17, 15) is 4.39 Å². The van der Waals surface area contributed by atoms with Gasteiger partial charge in [-0.1, -0.05) is 19.9 Å². The van der Waals surface area contributed by atoms with Crippen LogP contribution in [0.4, 0.5) is 4.39 Å². The number of aliphatic imine (C=N–C) groups is 1. The van der Waals surface area contributed by atoms with Crippen molar-refractivity contribution in [3.8, 4) is 5.69 Å².